The summed E-state index contributed by atoms with van der Waals surface area (Å²) in [5.41, 5.74) is 4.18. The van der Waals surface area contributed by atoms with Crippen molar-refractivity contribution in [1.29, 1.82) is 0 Å². The first-order valence-corrected chi connectivity index (χ1v) is 4.66. The Morgan fingerprint density at radius 2 is 2.17 bits per heavy atom. The molecule has 1 nitrogen and oxygen atoms in total. The highest BCUT2D eigenvalue weighted by atomic mass is 14.8. The average molecular weight is 161 g/mol. The van der Waals surface area contributed by atoms with E-state index in [4.69, 9.17) is 0 Å². The molecule has 0 N–H and O–H groups in total. The summed E-state index contributed by atoms with van der Waals surface area (Å²) in [6, 6.07) is 0. The maximum atomic E-state index is 4.50. The normalized spacial score (nSPS) is 28.5. The van der Waals surface area contributed by atoms with Crippen molar-refractivity contribution in [2.45, 2.75) is 26.7 Å². The zero-order valence-corrected chi connectivity index (χ0v) is 7.80. The highest BCUT2D eigenvalue weighted by molar-refractivity contribution is 5.98. The molecule has 12 heavy (non-hydrogen) atoms. The minimum absolute atomic E-state index is 0.627. The summed E-state index contributed by atoms with van der Waals surface area (Å²) in [6.45, 7) is 5.23. The van der Waals surface area contributed by atoms with Crippen LogP contribution in [0.5, 0.6) is 0 Å². The maximum absolute atomic E-state index is 4.50. The van der Waals surface area contributed by atoms with E-state index < -0.39 is 0 Å². The topological polar surface area (TPSA) is 12.4 Å². The van der Waals surface area contributed by atoms with E-state index in [1.807, 2.05) is 0 Å². The van der Waals surface area contributed by atoms with Crippen LogP contribution in [0.1, 0.15) is 26.7 Å². The molecular weight excluding hydrogens is 146 g/mol. The summed E-state index contributed by atoms with van der Waals surface area (Å²) in [7, 11) is 0. The number of rotatable bonds is 1. The summed E-state index contributed by atoms with van der Waals surface area (Å²) in [5, 5.41) is 0. The molecule has 0 radical (unpaired) electrons. The fourth-order valence-electron chi connectivity index (χ4n) is 1.71. The molecule has 2 aliphatic rings. The zero-order chi connectivity index (χ0) is 8.55. The van der Waals surface area contributed by atoms with Crippen LogP contribution in [0.15, 0.2) is 28.3 Å². The van der Waals surface area contributed by atoms with E-state index in [1.165, 1.54) is 24.1 Å². The molecule has 1 aliphatic carbocycles. The Hall–Kier alpha value is -0.850. The smallest absolute Gasteiger partial charge is 0.0492 e. The second kappa shape index (κ2) is 2.89. The van der Waals surface area contributed by atoms with Gasteiger partial charge in [0.25, 0.3) is 0 Å². The van der Waals surface area contributed by atoms with Gasteiger partial charge in [-0.2, -0.15) is 0 Å². The third-order valence-corrected chi connectivity index (χ3v) is 2.86. The van der Waals surface area contributed by atoms with E-state index in [1.54, 1.807) is 5.57 Å². The third kappa shape index (κ3) is 1.24. The maximum Gasteiger partial charge on any atom is 0.0492 e. The number of allylic oxidation sites excluding steroid dienone is 2. The fourth-order valence-corrected chi connectivity index (χ4v) is 1.71. The van der Waals surface area contributed by atoms with Crippen molar-refractivity contribution in [2.75, 3.05) is 6.54 Å². The molecule has 0 aromatic rings. The van der Waals surface area contributed by atoms with Gasteiger partial charge in [-0.15, -0.1) is 0 Å². The Morgan fingerprint density at radius 1 is 1.42 bits per heavy atom. The van der Waals surface area contributed by atoms with Crippen LogP contribution in [0.2, 0.25) is 0 Å². The van der Waals surface area contributed by atoms with E-state index in [-0.39, 0.29) is 0 Å². The lowest BCUT2D eigenvalue weighted by molar-refractivity contribution is 0.665. The molecular formula is C11H15N. The SMILES string of the molecule is CC1=CC(C2=CCC2)CN=C1C. The first kappa shape index (κ1) is 7.78. The van der Waals surface area contributed by atoms with Gasteiger partial charge in [-0.25, -0.2) is 0 Å². The Bertz CT molecular complexity index is 281. The van der Waals surface area contributed by atoms with Gasteiger partial charge in [0.2, 0.25) is 0 Å². The van der Waals surface area contributed by atoms with Crippen molar-refractivity contribution < 1.29 is 0 Å². The summed E-state index contributed by atoms with van der Waals surface area (Å²) in [6.07, 6.45) is 7.29. The molecule has 0 saturated carbocycles. The molecule has 64 valence electrons. The van der Waals surface area contributed by atoms with Crippen molar-refractivity contribution in [2.24, 2.45) is 10.9 Å². The summed E-state index contributed by atoms with van der Waals surface area (Å²) < 4.78 is 0. The molecule has 0 spiro atoms. The van der Waals surface area contributed by atoms with Gasteiger partial charge >= 0.3 is 0 Å². The minimum Gasteiger partial charge on any atom is -0.289 e. The van der Waals surface area contributed by atoms with Crippen LogP contribution >= 0.6 is 0 Å². The standard InChI is InChI=1S/C11H15N/c1-8-6-11(7-12-9(8)2)10-4-3-5-10/h4,6,11H,3,5,7H2,1-2H3. The van der Waals surface area contributed by atoms with E-state index in [0.717, 1.165) is 6.54 Å². The first-order chi connectivity index (χ1) is 5.77. The van der Waals surface area contributed by atoms with E-state index >= 15 is 0 Å². The van der Waals surface area contributed by atoms with Gasteiger partial charge in [0, 0.05) is 18.2 Å². The van der Waals surface area contributed by atoms with Crippen molar-refractivity contribution in [3.05, 3.63) is 23.3 Å². The monoisotopic (exact) mass is 161 g/mol. The largest absolute Gasteiger partial charge is 0.289 e. The van der Waals surface area contributed by atoms with Crippen LogP contribution in [0.4, 0.5) is 0 Å². The predicted molar refractivity (Wildman–Crippen MR) is 52.5 cm³/mol. The van der Waals surface area contributed by atoms with Gasteiger partial charge in [0.1, 0.15) is 0 Å². The summed E-state index contributed by atoms with van der Waals surface area (Å²) in [5.74, 6) is 0.627. The quantitative estimate of drug-likeness (QED) is 0.524. The molecule has 1 heteroatoms. The third-order valence-electron chi connectivity index (χ3n) is 2.86. The Balaban J connectivity index is 2.14. The molecule has 0 fully saturated rings. The Kier molecular flexibility index (Phi) is 1.87. The van der Waals surface area contributed by atoms with E-state index in [9.17, 15) is 0 Å². The molecule has 0 aromatic carbocycles. The zero-order valence-electron chi connectivity index (χ0n) is 7.80. The van der Waals surface area contributed by atoms with Crippen LogP contribution in [-0.4, -0.2) is 12.3 Å². The molecule has 1 heterocycles. The second-order valence-electron chi connectivity index (χ2n) is 3.70. The molecule has 2 rings (SSSR count). The Labute approximate surface area is 73.9 Å². The highest BCUT2D eigenvalue weighted by Gasteiger charge is 2.18. The molecule has 0 bridgehead atoms. The van der Waals surface area contributed by atoms with Crippen molar-refractivity contribution in [3.63, 3.8) is 0 Å². The van der Waals surface area contributed by atoms with Gasteiger partial charge in [0.05, 0.1) is 0 Å². The van der Waals surface area contributed by atoms with Gasteiger partial charge in [-0.1, -0.05) is 17.7 Å². The lowest BCUT2D eigenvalue weighted by atomic mass is 9.84. The lowest BCUT2D eigenvalue weighted by Gasteiger charge is -2.24. The van der Waals surface area contributed by atoms with E-state index in [0.29, 0.717) is 5.92 Å². The molecule has 0 saturated heterocycles. The van der Waals surface area contributed by atoms with E-state index in [2.05, 4.69) is 31.0 Å². The van der Waals surface area contributed by atoms with Crippen LogP contribution < -0.4 is 0 Å². The van der Waals surface area contributed by atoms with Crippen LogP contribution in [-0.2, 0) is 0 Å². The Morgan fingerprint density at radius 3 is 2.67 bits per heavy atom. The number of hydrogen-bond donors (Lipinski definition) is 0. The van der Waals surface area contributed by atoms with Crippen molar-refractivity contribution in [3.8, 4) is 0 Å². The predicted octanol–water partition coefficient (Wildman–Crippen LogP) is 2.74. The van der Waals surface area contributed by atoms with Crippen LogP contribution in [0.25, 0.3) is 0 Å². The van der Waals surface area contributed by atoms with Gasteiger partial charge < -0.3 is 0 Å². The number of dihydropyridines is 1. The average Bonchev–Trinajstić information content (AvgIpc) is 1.93. The van der Waals surface area contributed by atoms with Crippen molar-refractivity contribution in [1.82, 2.24) is 0 Å². The van der Waals surface area contributed by atoms with Crippen LogP contribution in [0, 0.1) is 5.92 Å². The minimum atomic E-state index is 0.627. The van der Waals surface area contributed by atoms with Crippen molar-refractivity contribution >= 4 is 5.71 Å². The fraction of sp³-hybridized carbons (Fsp3) is 0.545. The molecule has 1 unspecified atom stereocenters. The number of hydrogen-bond acceptors (Lipinski definition) is 1. The summed E-state index contributed by atoms with van der Waals surface area (Å²) in [4.78, 5) is 4.50. The molecule has 1 atom stereocenters. The number of aliphatic imine (C=N–C) groups is 1. The second-order valence-corrected chi connectivity index (χ2v) is 3.70. The first-order valence-electron chi connectivity index (χ1n) is 4.66. The molecule has 1 aliphatic heterocycles. The lowest BCUT2D eigenvalue weighted by Crippen LogP contribution is -2.16. The molecule has 0 aromatic heterocycles. The molecule has 0 amide bonds. The van der Waals surface area contributed by atoms with Crippen LogP contribution in [0.3, 0.4) is 0 Å². The van der Waals surface area contributed by atoms with Gasteiger partial charge in [-0.05, 0) is 32.3 Å². The van der Waals surface area contributed by atoms with Gasteiger partial charge in [0.15, 0.2) is 0 Å². The van der Waals surface area contributed by atoms with Gasteiger partial charge in [-0.3, -0.25) is 4.99 Å². The summed E-state index contributed by atoms with van der Waals surface area (Å²) >= 11 is 0. The highest BCUT2D eigenvalue weighted by Crippen LogP contribution is 2.29. The number of nitrogens with zero attached hydrogens (tertiary/aromatic N) is 1.